The molecule has 0 aromatic rings. The Kier molecular flexibility index (Phi) is 3.51. The minimum absolute atomic E-state index is 0.112. The molecule has 0 saturated carbocycles. The highest BCUT2D eigenvalue weighted by molar-refractivity contribution is 4.95. The fraction of sp³-hybridized carbons (Fsp3) is 1.00. The maximum atomic E-state index is 6.22. The van der Waals surface area contributed by atoms with Gasteiger partial charge in [-0.3, -0.25) is 4.90 Å². The van der Waals surface area contributed by atoms with E-state index in [0.717, 1.165) is 32.7 Å². The van der Waals surface area contributed by atoms with E-state index in [1.165, 1.54) is 0 Å². The minimum atomic E-state index is -0.112. The molecule has 0 aliphatic carbocycles. The topological polar surface area (TPSA) is 47.7 Å². The number of rotatable bonds is 1. The van der Waals surface area contributed by atoms with Gasteiger partial charge < -0.3 is 15.2 Å². The van der Waals surface area contributed by atoms with Gasteiger partial charge in [0.1, 0.15) is 0 Å². The number of morpholine rings is 1. The molecule has 2 aliphatic rings. The van der Waals surface area contributed by atoms with Crippen LogP contribution in [0.1, 0.15) is 34.1 Å². The number of nitrogens with zero attached hydrogens (tertiary/aromatic N) is 1. The van der Waals surface area contributed by atoms with Crippen molar-refractivity contribution in [2.45, 2.75) is 57.4 Å². The third kappa shape index (κ3) is 3.19. The summed E-state index contributed by atoms with van der Waals surface area (Å²) >= 11 is 0. The summed E-state index contributed by atoms with van der Waals surface area (Å²) in [4.78, 5) is 2.45. The maximum absolute atomic E-state index is 6.22. The monoisotopic (exact) mass is 242 g/mol. The smallest absolute Gasteiger partial charge is 0.0760 e. The van der Waals surface area contributed by atoms with E-state index in [2.05, 4.69) is 32.6 Å². The van der Waals surface area contributed by atoms with Gasteiger partial charge in [0.2, 0.25) is 0 Å². The van der Waals surface area contributed by atoms with E-state index < -0.39 is 0 Å². The van der Waals surface area contributed by atoms with Gasteiger partial charge in [-0.15, -0.1) is 0 Å². The lowest BCUT2D eigenvalue weighted by atomic mass is 9.94. The molecular formula is C13H26N2O2. The van der Waals surface area contributed by atoms with Crippen LogP contribution in [0.25, 0.3) is 0 Å². The zero-order chi connectivity index (χ0) is 12.7. The molecule has 2 fully saturated rings. The summed E-state index contributed by atoms with van der Waals surface area (Å²) in [5, 5.41) is 0. The quantitative estimate of drug-likeness (QED) is 0.745. The van der Waals surface area contributed by atoms with Gasteiger partial charge in [-0.1, -0.05) is 0 Å². The van der Waals surface area contributed by atoms with Crippen LogP contribution in [0, 0.1) is 0 Å². The molecule has 0 bridgehead atoms. The molecule has 0 amide bonds. The van der Waals surface area contributed by atoms with Gasteiger partial charge in [0, 0.05) is 31.8 Å². The molecule has 0 radical (unpaired) electrons. The molecule has 0 aromatic heterocycles. The summed E-state index contributed by atoms with van der Waals surface area (Å²) in [6.45, 7) is 12.0. The maximum Gasteiger partial charge on any atom is 0.0760 e. The SMILES string of the molecule is CC1(C)CN(C2COCCC2N)CC(C)(C)O1. The molecule has 2 atom stereocenters. The van der Waals surface area contributed by atoms with Crippen LogP contribution in [0.2, 0.25) is 0 Å². The van der Waals surface area contributed by atoms with E-state index in [0.29, 0.717) is 6.04 Å². The number of ether oxygens (including phenoxy) is 2. The van der Waals surface area contributed by atoms with Crippen molar-refractivity contribution >= 4 is 0 Å². The van der Waals surface area contributed by atoms with Crippen LogP contribution in [0.4, 0.5) is 0 Å². The lowest BCUT2D eigenvalue weighted by Crippen LogP contribution is -2.64. The van der Waals surface area contributed by atoms with Gasteiger partial charge >= 0.3 is 0 Å². The third-order valence-corrected chi connectivity index (χ3v) is 3.57. The van der Waals surface area contributed by atoms with Crippen LogP contribution in [0.5, 0.6) is 0 Å². The Morgan fingerprint density at radius 1 is 1.12 bits per heavy atom. The number of nitrogens with two attached hydrogens (primary N) is 1. The Balaban J connectivity index is 2.09. The van der Waals surface area contributed by atoms with Crippen molar-refractivity contribution in [3.05, 3.63) is 0 Å². The van der Waals surface area contributed by atoms with E-state index in [4.69, 9.17) is 15.2 Å². The molecule has 100 valence electrons. The van der Waals surface area contributed by atoms with Crippen molar-refractivity contribution in [3.63, 3.8) is 0 Å². The van der Waals surface area contributed by atoms with Crippen molar-refractivity contribution < 1.29 is 9.47 Å². The Bertz CT molecular complexity index is 263. The Morgan fingerprint density at radius 2 is 1.71 bits per heavy atom. The number of hydrogen-bond acceptors (Lipinski definition) is 4. The van der Waals surface area contributed by atoms with E-state index in [1.807, 2.05) is 0 Å². The summed E-state index contributed by atoms with van der Waals surface area (Å²) in [6.07, 6.45) is 0.961. The molecule has 4 heteroatoms. The Hall–Kier alpha value is -0.160. The fourth-order valence-electron chi connectivity index (χ4n) is 3.20. The summed E-state index contributed by atoms with van der Waals surface area (Å²) in [7, 11) is 0. The van der Waals surface area contributed by atoms with Crippen molar-refractivity contribution in [3.8, 4) is 0 Å². The zero-order valence-corrected chi connectivity index (χ0v) is 11.5. The first-order valence-corrected chi connectivity index (χ1v) is 6.57. The summed E-state index contributed by atoms with van der Waals surface area (Å²) in [5.74, 6) is 0. The molecule has 2 heterocycles. The molecule has 2 saturated heterocycles. The van der Waals surface area contributed by atoms with Crippen molar-refractivity contribution in [2.75, 3.05) is 26.3 Å². The van der Waals surface area contributed by atoms with Gasteiger partial charge in [0.15, 0.2) is 0 Å². The van der Waals surface area contributed by atoms with Gasteiger partial charge in [-0.25, -0.2) is 0 Å². The van der Waals surface area contributed by atoms with Crippen LogP contribution in [0.3, 0.4) is 0 Å². The van der Waals surface area contributed by atoms with E-state index in [9.17, 15) is 0 Å². The highest BCUT2D eigenvalue weighted by atomic mass is 16.5. The van der Waals surface area contributed by atoms with Crippen molar-refractivity contribution in [1.29, 1.82) is 0 Å². The van der Waals surface area contributed by atoms with E-state index in [-0.39, 0.29) is 17.2 Å². The molecule has 17 heavy (non-hydrogen) atoms. The summed E-state index contributed by atoms with van der Waals surface area (Å²) in [5.41, 5.74) is 6.00. The van der Waals surface area contributed by atoms with Crippen LogP contribution in [-0.4, -0.2) is 54.5 Å². The highest BCUT2D eigenvalue weighted by Gasteiger charge is 2.42. The standard InChI is InChI=1S/C13H26N2O2/c1-12(2)8-15(9-13(3,4)17-12)11-7-16-6-5-10(11)14/h10-11H,5-9,14H2,1-4H3. The van der Waals surface area contributed by atoms with Crippen LogP contribution in [0.15, 0.2) is 0 Å². The van der Waals surface area contributed by atoms with Crippen molar-refractivity contribution in [2.24, 2.45) is 5.73 Å². The summed E-state index contributed by atoms with van der Waals surface area (Å²) in [6, 6.07) is 0.569. The highest BCUT2D eigenvalue weighted by Crippen LogP contribution is 2.30. The Labute approximate surface area is 104 Å². The lowest BCUT2D eigenvalue weighted by molar-refractivity contribution is -0.195. The first kappa shape index (κ1) is 13.3. The van der Waals surface area contributed by atoms with Crippen LogP contribution < -0.4 is 5.73 Å². The second-order valence-corrected chi connectivity index (χ2v) is 6.62. The predicted molar refractivity (Wildman–Crippen MR) is 68.0 cm³/mol. The normalized spacial score (nSPS) is 37.9. The molecule has 0 spiro atoms. The van der Waals surface area contributed by atoms with Gasteiger partial charge in [-0.2, -0.15) is 0 Å². The minimum Gasteiger partial charge on any atom is -0.380 e. The zero-order valence-electron chi connectivity index (χ0n) is 11.5. The van der Waals surface area contributed by atoms with Crippen LogP contribution in [-0.2, 0) is 9.47 Å². The van der Waals surface area contributed by atoms with Gasteiger partial charge in [0.25, 0.3) is 0 Å². The lowest BCUT2D eigenvalue weighted by Gasteiger charge is -2.51. The molecule has 2 N–H and O–H groups in total. The first-order valence-electron chi connectivity index (χ1n) is 6.57. The average molecular weight is 242 g/mol. The summed E-state index contributed by atoms with van der Waals surface area (Å²) < 4.78 is 11.7. The van der Waals surface area contributed by atoms with Gasteiger partial charge in [0.05, 0.1) is 17.8 Å². The Morgan fingerprint density at radius 3 is 2.24 bits per heavy atom. The largest absolute Gasteiger partial charge is 0.380 e. The molecular weight excluding hydrogens is 216 g/mol. The third-order valence-electron chi connectivity index (χ3n) is 3.57. The first-order chi connectivity index (χ1) is 7.79. The fourth-order valence-corrected chi connectivity index (χ4v) is 3.20. The average Bonchev–Trinajstić information content (AvgIpc) is 2.13. The van der Waals surface area contributed by atoms with E-state index in [1.54, 1.807) is 0 Å². The molecule has 2 unspecified atom stereocenters. The molecule has 0 aromatic carbocycles. The van der Waals surface area contributed by atoms with E-state index >= 15 is 0 Å². The molecule has 2 rings (SSSR count). The van der Waals surface area contributed by atoms with Crippen LogP contribution >= 0.6 is 0 Å². The molecule has 2 aliphatic heterocycles. The number of hydrogen-bond donors (Lipinski definition) is 1. The van der Waals surface area contributed by atoms with Gasteiger partial charge in [-0.05, 0) is 34.1 Å². The predicted octanol–water partition coefficient (Wildman–Crippen LogP) is 0.992. The van der Waals surface area contributed by atoms with Crippen molar-refractivity contribution in [1.82, 2.24) is 4.90 Å². The second kappa shape index (κ2) is 4.50. The second-order valence-electron chi connectivity index (χ2n) is 6.62. The molecule has 4 nitrogen and oxygen atoms in total.